The van der Waals surface area contributed by atoms with Crippen molar-refractivity contribution >= 4 is 35.2 Å². The first kappa shape index (κ1) is 13.7. The van der Waals surface area contributed by atoms with E-state index < -0.39 is 5.91 Å². The van der Waals surface area contributed by atoms with Crippen LogP contribution < -0.4 is 5.73 Å². The van der Waals surface area contributed by atoms with Crippen LogP contribution in [0.2, 0.25) is 10.0 Å². The van der Waals surface area contributed by atoms with Crippen LogP contribution in [0, 0.1) is 0 Å². The van der Waals surface area contributed by atoms with Gasteiger partial charge in [-0.1, -0.05) is 29.3 Å². The average molecular weight is 295 g/mol. The topological polar surface area (TPSA) is 48.0 Å². The van der Waals surface area contributed by atoms with Gasteiger partial charge in [0.05, 0.1) is 10.0 Å². The molecule has 0 aliphatic heterocycles. The maximum absolute atomic E-state index is 10.7. The van der Waals surface area contributed by atoms with Gasteiger partial charge in [0.1, 0.15) is 0 Å². The number of nitrogens with two attached hydrogens (primary N) is 1. The van der Waals surface area contributed by atoms with Gasteiger partial charge in [-0.05, 0) is 35.9 Å². The molecule has 0 bridgehead atoms. The number of rotatable bonds is 4. The second-order valence-corrected chi connectivity index (χ2v) is 4.86. The Morgan fingerprint density at radius 1 is 1.26 bits per heavy atom. The molecule has 0 unspecified atom stereocenters. The standard InChI is InChI=1S/C14H12Cl2N2O/c15-12-5-3-10(8-13(12)16)9-18-7-1-2-11(18)4-6-14(17)19/h1-8H,9H2,(H2,17,19)/b6-4+. The minimum Gasteiger partial charge on any atom is -0.366 e. The molecule has 98 valence electrons. The molecule has 2 aromatic rings. The van der Waals surface area contributed by atoms with Gasteiger partial charge in [-0.2, -0.15) is 0 Å². The zero-order chi connectivity index (χ0) is 13.8. The summed E-state index contributed by atoms with van der Waals surface area (Å²) in [7, 11) is 0. The number of hydrogen-bond acceptors (Lipinski definition) is 1. The van der Waals surface area contributed by atoms with E-state index in [1.165, 1.54) is 6.08 Å². The largest absolute Gasteiger partial charge is 0.366 e. The molecule has 0 spiro atoms. The highest BCUT2D eigenvalue weighted by atomic mass is 35.5. The lowest BCUT2D eigenvalue weighted by Crippen LogP contribution is -2.06. The van der Waals surface area contributed by atoms with Crippen molar-refractivity contribution in [2.75, 3.05) is 0 Å². The molecule has 0 aliphatic rings. The molecule has 0 atom stereocenters. The quantitative estimate of drug-likeness (QED) is 0.864. The molecule has 1 aromatic carbocycles. The summed E-state index contributed by atoms with van der Waals surface area (Å²) in [6.45, 7) is 0.641. The summed E-state index contributed by atoms with van der Waals surface area (Å²) in [6, 6.07) is 9.30. The fourth-order valence-electron chi connectivity index (χ4n) is 1.72. The predicted molar refractivity (Wildman–Crippen MR) is 78.2 cm³/mol. The van der Waals surface area contributed by atoms with E-state index in [0.29, 0.717) is 16.6 Å². The van der Waals surface area contributed by atoms with E-state index in [-0.39, 0.29) is 0 Å². The molecule has 2 rings (SSSR count). The van der Waals surface area contributed by atoms with Gasteiger partial charge in [0.25, 0.3) is 0 Å². The Bertz CT molecular complexity index is 632. The zero-order valence-electron chi connectivity index (χ0n) is 10.0. The molecule has 1 aromatic heterocycles. The summed E-state index contributed by atoms with van der Waals surface area (Å²) in [6.07, 6.45) is 4.93. The zero-order valence-corrected chi connectivity index (χ0v) is 11.5. The van der Waals surface area contributed by atoms with Crippen LogP contribution in [0.5, 0.6) is 0 Å². The first-order chi connectivity index (χ1) is 9.06. The number of carbonyl (C=O) groups excluding carboxylic acids is 1. The lowest BCUT2D eigenvalue weighted by atomic mass is 10.2. The Hall–Kier alpha value is -1.71. The van der Waals surface area contributed by atoms with Crippen LogP contribution in [0.1, 0.15) is 11.3 Å². The normalized spacial score (nSPS) is 11.1. The fraction of sp³-hybridized carbons (Fsp3) is 0.0714. The SMILES string of the molecule is NC(=O)/C=C/c1cccn1Cc1ccc(Cl)c(Cl)c1. The van der Waals surface area contributed by atoms with Crippen LogP contribution in [-0.4, -0.2) is 10.5 Å². The van der Waals surface area contributed by atoms with E-state index in [0.717, 1.165) is 11.3 Å². The highest BCUT2D eigenvalue weighted by Gasteiger charge is 2.02. The van der Waals surface area contributed by atoms with Crippen molar-refractivity contribution in [3.8, 4) is 0 Å². The fourth-order valence-corrected chi connectivity index (χ4v) is 2.05. The van der Waals surface area contributed by atoms with E-state index in [1.807, 2.05) is 35.0 Å². The van der Waals surface area contributed by atoms with Crippen molar-refractivity contribution in [3.63, 3.8) is 0 Å². The minimum absolute atomic E-state index is 0.470. The summed E-state index contributed by atoms with van der Waals surface area (Å²) < 4.78 is 1.99. The third kappa shape index (κ3) is 3.63. The van der Waals surface area contributed by atoms with Gasteiger partial charge in [0.15, 0.2) is 0 Å². The second-order valence-electron chi connectivity index (χ2n) is 4.05. The molecule has 2 N–H and O–H groups in total. The summed E-state index contributed by atoms with van der Waals surface area (Å²) in [5.74, 6) is -0.470. The first-order valence-corrected chi connectivity index (χ1v) is 6.38. The van der Waals surface area contributed by atoms with E-state index in [9.17, 15) is 4.79 Å². The second kappa shape index (κ2) is 5.95. The molecule has 3 nitrogen and oxygen atoms in total. The number of nitrogens with zero attached hydrogens (tertiary/aromatic N) is 1. The molecule has 0 aliphatic carbocycles. The first-order valence-electron chi connectivity index (χ1n) is 5.63. The number of benzene rings is 1. The Kier molecular flexibility index (Phi) is 4.30. The van der Waals surface area contributed by atoms with E-state index in [4.69, 9.17) is 28.9 Å². The number of aromatic nitrogens is 1. The lowest BCUT2D eigenvalue weighted by Gasteiger charge is -2.07. The van der Waals surface area contributed by atoms with E-state index >= 15 is 0 Å². The van der Waals surface area contributed by atoms with Crippen LogP contribution in [-0.2, 0) is 11.3 Å². The molecule has 19 heavy (non-hydrogen) atoms. The van der Waals surface area contributed by atoms with Crippen molar-refractivity contribution in [3.05, 3.63) is 63.9 Å². The van der Waals surface area contributed by atoms with Crippen molar-refractivity contribution in [1.29, 1.82) is 0 Å². The van der Waals surface area contributed by atoms with Gasteiger partial charge in [0, 0.05) is 24.5 Å². The van der Waals surface area contributed by atoms with Crippen molar-refractivity contribution in [2.24, 2.45) is 5.73 Å². The average Bonchev–Trinajstić information content (AvgIpc) is 2.79. The molecule has 0 radical (unpaired) electrons. The number of carbonyl (C=O) groups is 1. The summed E-state index contributed by atoms with van der Waals surface area (Å²) in [5.41, 5.74) is 7.00. The number of hydrogen-bond donors (Lipinski definition) is 1. The summed E-state index contributed by atoms with van der Waals surface area (Å²) in [5, 5.41) is 1.06. The van der Waals surface area contributed by atoms with Crippen molar-refractivity contribution in [2.45, 2.75) is 6.54 Å². The third-order valence-electron chi connectivity index (χ3n) is 2.62. The molecule has 0 saturated heterocycles. The summed E-state index contributed by atoms with van der Waals surface area (Å²) >= 11 is 11.9. The smallest absolute Gasteiger partial charge is 0.241 e. The summed E-state index contributed by atoms with van der Waals surface area (Å²) in [4.78, 5) is 10.7. The molecule has 0 saturated carbocycles. The van der Waals surface area contributed by atoms with Gasteiger partial charge >= 0.3 is 0 Å². The van der Waals surface area contributed by atoms with Crippen LogP contribution in [0.15, 0.2) is 42.6 Å². The Morgan fingerprint density at radius 3 is 2.74 bits per heavy atom. The molecule has 1 amide bonds. The van der Waals surface area contributed by atoms with E-state index in [1.54, 1.807) is 12.1 Å². The lowest BCUT2D eigenvalue weighted by molar-refractivity contribution is -0.113. The highest BCUT2D eigenvalue weighted by Crippen LogP contribution is 2.23. The molecule has 5 heteroatoms. The third-order valence-corrected chi connectivity index (χ3v) is 3.36. The van der Waals surface area contributed by atoms with Crippen LogP contribution in [0.3, 0.4) is 0 Å². The highest BCUT2D eigenvalue weighted by molar-refractivity contribution is 6.42. The predicted octanol–water partition coefficient (Wildman–Crippen LogP) is 3.34. The van der Waals surface area contributed by atoms with Gasteiger partial charge in [-0.3, -0.25) is 4.79 Å². The minimum atomic E-state index is -0.470. The van der Waals surface area contributed by atoms with E-state index in [2.05, 4.69) is 0 Å². The van der Waals surface area contributed by atoms with Crippen LogP contribution in [0.25, 0.3) is 6.08 Å². The Labute approximate surface area is 121 Å². The van der Waals surface area contributed by atoms with Crippen LogP contribution in [0.4, 0.5) is 0 Å². The molecule has 0 fully saturated rings. The number of primary amides is 1. The Morgan fingerprint density at radius 2 is 2.05 bits per heavy atom. The Balaban J connectivity index is 2.21. The number of halogens is 2. The maximum Gasteiger partial charge on any atom is 0.241 e. The monoisotopic (exact) mass is 294 g/mol. The molecule has 1 heterocycles. The van der Waals surface area contributed by atoms with Gasteiger partial charge in [-0.25, -0.2) is 0 Å². The van der Waals surface area contributed by atoms with Crippen molar-refractivity contribution < 1.29 is 4.79 Å². The van der Waals surface area contributed by atoms with Crippen LogP contribution >= 0.6 is 23.2 Å². The molecular weight excluding hydrogens is 283 g/mol. The van der Waals surface area contributed by atoms with Crippen molar-refractivity contribution in [1.82, 2.24) is 4.57 Å². The molecular formula is C14H12Cl2N2O. The van der Waals surface area contributed by atoms with Gasteiger partial charge in [-0.15, -0.1) is 0 Å². The van der Waals surface area contributed by atoms with Gasteiger partial charge < -0.3 is 10.3 Å². The maximum atomic E-state index is 10.7. The number of amides is 1. The van der Waals surface area contributed by atoms with Gasteiger partial charge in [0.2, 0.25) is 5.91 Å².